The molecule has 1 amide bonds. The van der Waals surface area contributed by atoms with Gasteiger partial charge in [0, 0.05) is 25.0 Å². The Morgan fingerprint density at radius 3 is 2.57 bits per heavy atom. The number of nitrogens with zero attached hydrogens (tertiary/aromatic N) is 3. The van der Waals surface area contributed by atoms with Crippen molar-refractivity contribution in [1.82, 2.24) is 9.97 Å². The molecule has 0 saturated carbocycles. The Kier molecular flexibility index (Phi) is 4.55. The molecule has 1 N–H and O–H groups in total. The lowest BCUT2D eigenvalue weighted by Crippen LogP contribution is -2.31. The molecule has 0 unspecified atom stereocenters. The largest absolute Gasteiger partial charge is 0.341 e. The number of anilines is 2. The van der Waals surface area contributed by atoms with Crippen LogP contribution in [0.5, 0.6) is 0 Å². The van der Waals surface area contributed by atoms with Crippen LogP contribution in [-0.2, 0) is 0 Å². The van der Waals surface area contributed by atoms with Crippen LogP contribution in [0.4, 0.5) is 11.6 Å². The first-order valence-corrected chi connectivity index (χ1v) is 8.11. The van der Waals surface area contributed by atoms with Crippen molar-refractivity contribution in [2.45, 2.75) is 33.1 Å². The lowest BCUT2D eigenvalue weighted by molar-refractivity contribution is 0.102. The second kappa shape index (κ2) is 6.77. The van der Waals surface area contributed by atoms with Gasteiger partial charge in [-0.2, -0.15) is 0 Å². The van der Waals surface area contributed by atoms with E-state index in [-0.39, 0.29) is 5.91 Å². The van der Waals surface area contributed by atoms with Crippen LogP contribution < -0.4 is 10.2 Å². The topological polar surface area (TPSA) is 58.1 Å². The zero-order chi connectivity index (χ0) is 16.2. The summed E-state index contributed by atoms with van der Waals surface area (Å²) in [7, 11) is 0. The molecule has 0 atom stereocenters. The number of piperidine rings is 1. The average Bonchev–Trinajstić information content (AvgIpc) is 2.57. The van der Waals surface area contributed by atoms with Gasteiger partial charge < -0.3 is 10.2 Å². The molecule has 0 radical (unpaired) electrons. The van der Waals surface area contributed by atoms with E-state index in [1.165, 1.54) is 19.3 Å². The first-order valence-electron chi connectivity index (χ1n) is 8.11. The number of aryl methyl sites for hydroxylation is 2. The van der Waals surface area contributed by atoms with Crippen molar-refractivity contribution >= 4 is 17.5 Å². The van der Waals surface area contributed by atoms with Crippen molar-refractivity contribution in [3.8, 4) is 0 Å². The highest BCUT2D eigenvalue weighted by Gasteiger charge is 2.17. The Morgan fingerprint density at radius 2 is 1.87 bits per heavy atom. The zero-order valence-electron chi connectivity index (χ0n) is 13.7. The number of hydrogen-bond acceptors (Lipinski definition) is 4. The molecule has 0 aliphatic carbocycles. The third-order valence-corrected chi connectivity index (χ3v) is 4.24. The maximum Gasteiger partial charge on any atom is 0.259 e. The normalized spacial score (nSPS) is 14.6. The van der Waals surface area contributed by atoms with Gasteiger partial charge in [0.05, 0.1) is 11.3 Å². The van der Waals surface area contributed by atoms with Crippen LogP contribution in [0.3, 0.4) is 0 Å². The highest BCUT2D eigenvalue weighted by molar-refractivity contribution is 6.05. The van der Waals surface area contributed by atoms with Gasteiger partial charge in [-0.1, -0.05) is 18.2 Å². The summed E-state index contributed by atoms with van der Waals surface area (Å²) in [6, 6.07) is 7.72. The lowest BCUT2D eigenvalue weighted by atomic mass is 10.1. The molecule has 0 bridgehead atoms. The standard InChI is InChI=1S/C18H22N4O/c1-13-8-4-5-9-16(13)21-17(23)15-12-19-18(20-14(15)2)22-10-6-3-7-11-22/h4-5,8-9,12H,3,6-7,10-11H2,1-2H3,(H,21,23). The second-order valence-corrected chi connectivity index (χ2v) is 5.99. The van der Waals surface area contributed by atoms with Crippen molar-refractivity contribution in [2.24, 2.45) is 0 Å². The molecule has 0 spiro atoms. The molecular weight excluding hydrogens is 288 g/mol. The van der Waals surface area contributed by atoms with Crippen molar-refractivity contribution < 1.29 is 4.79 Å². The van der Waals surface area contributed by atoms with E-state index in [1.54, 1.807) is 6.20 Å². The summed E-state index contributed by atoms with van der Waals surface area (Å²) >= 11 is 0. The molecule has 5 nitrogen and oxygen atoms in total. The van der Waals surface area contributed by atoms with Crippen LogP contribution in [0.25, 0.3) is 0 Å². The zero-order valence-corrected chi connectivity index (χ0v) is 13.7. The number of amides is 1. The van der Waals surface area contributed by atoms with Gasteiger partial charge >= 0.3 is 0 Å². The number of nitrogens with one attached hydrogen (secondary N) is 1. The van der Waals surface area contributed by atoms with Crippen LogP contribution in [0.1, 0.15) is 40.9 Å². The van der Waals surface area contributed by atoms with Gasteiger partial charge in [0.25, 0.3) is 5.91 Å². The van der Waals surface area contributed by atoms with E-state index in [2.05, 4.69) is 20.2 Å². The Hall–Kier alpha value is -2.43. The van der Waals surface area contributed by atoms with Crippen LogP contribution in [0.2, 0.25) is 0 Å². The van der Waals surface area contributed by atoms with Gasteiger partial charge in [0.1, 0.15) is 0 Å². The molecule has 2 heterocycles. The average molecular weight is 310 g/mol. The summed E-state index contributed by atoms with van der Waals surface area (Å²) < 4.78 is 0. The number of benzene rings is 1. The fourth-order valence-corrected chi connectivity index (χ4v) is 2.83. The Balaban J connectivity index is 1.77. The molecule has 3 rings (SSSR count). The molecule has 120 valence electrons. The summed E-state index contributed by atoms with van der Waals surface area (Å²) in [6.45, 7) is 5.82. The fourth-order valence-electron chi connectivity index (χ4n) is 2.83. The summed E-state index contributed by atoms with van der Waals surface area (Å²) in [5.74, 6) is 0.566. The van der Waals surface area contributed by atoms with E-state index in [0.717, 1.165) is 30.3 Å². The number of carbonyl (C=O) groups is 1. The SMILES string of the molecule is Cc1ccccc1NC(=O)c1cnc(N2CCCCC2)nc1C. The highest BCUT2D eigenvalue weighted by Crippen LogP contribution is 2.19. The molecular formula is C18H22N4O. The Bertz CT molecular complexity index is 708. The molecule has 5 heteroatoms. The third-order valence-electron chi connectivity index (χ3n) is 4.24. The molecule has 1 aromatic carbocycles. The molecule has 1 fully saturated rings. The predicted molar refractivity (Wildman–Crippen MR) is 92.0 cm³/mol. The molecule has 1 aliphatic rings. The van der Waals surface area contributed by atoms with E-state index in [4.69, 9.17) is 0 Å². The number of hydrogen-bond donors (Lipinski definition) is 1. The minimum Gasteiger partial charge on any atom is -0.341 e. The fraction of sp³-hybridized carbons (Fsp3) is 0.389. The predicted octanol–water partition coefficient (Wildman–Crippen LogP) is 3.34. The van der Waals surface area contributed by atoms with Crippen molar-refractivity contribution in [1.29, 1.82) is 0 Å². The molecule has 2 aromatic rings. The molecule has 1 saturated heterocycles. The Morgan fingerprint density at radius 1 is 1.13 bits per heavy atom. The summed E-state index contributed by atoms with van der Waals surface area (Å²) in [6.07, 6.45) is 5.27. The third kappa shape index (κ3) is 3.50. The maximum absolute atomic E-state index is 12.5. The van der Waals surface area contributed by atoms with E-state index >= 15 is 0 Å². The molecule has 1 aromatic heterocycles. The van der Waals surface area contributed by atoms with Crippen molar-refractivity contribution in [2.75, 3.05) is 23.3 Å². The van der Waals surface area contributed by atoms with Gasteiger partial charge in [-0.15, -0.1) is 0 Å². The maximum atomic E-state index is 12.5. The Labute approximate surface area is 136 Å². The number of aromatic nitrogens is 2. The minimum atomic E-state index is -0.165. The highest BCUT2D eigenvalue weighted by atomic mass is 16.1. The quantitative estimate of drug-likeness (QED) is 0.944. The van der Waals surface area contributed by atoms with E-state index < -0.39 is 0 Å². The van der Waals surface area contributed by atoms with Crippen molar-refractivity contribution in [3.63, 3.8) is 0 Å². The summed E-state index contributed by atoms with van der Waals surface area (Å²) in [4.78, 5) is 23.6. The monoisotopic (exact) mass is 310 g/mol. The van der Waals surface area contributed by atoms with Gasteiger partial charge in [-0.25, -0.2) is 9.97 Å². The smallest absolute Gasteiger partial charge is 0.259 e. The molecule has 23 heavy (non-hydrogen) atoms. The van der Waals surface area contributed by atoms with Gasteiger partial charge in [-0.3, -0.25) is 4.79 Å². The second-order valence-electron chi connectivity index (χ2n) is 5.99. The van der Waals surface area contributed by atoms with Crippen LogP contribution >= 0.6 is 0 Å². The van der Waals surface area contributed by atoms with E-state index in [0.29, 0.717) is 11.3 Å². The first-order chi connectivity index (χ1) is 11.1. The van der Waals surface area contributed by atoms with E-state index in [9.17, 15) is 4.79 Å². The first kappa shape index (κ1) is 15.5. The minimum absolute atomic E-state index is 0.165. The number of carbonyl (C=O) groups excluding carboxylic acids is 1. The number of rotatable bonds is 3. The van der Waals surface area contributed by atoms with Gasteiger partial charge in [0.2, 0.25) is 5.95 Å². The van der Waals surface area contributed by atoms with Gasteiger partial charge in [0.15, 0.2) is 0 Å². The van der Waals surface area contributed by atoms with Crippen LogP contribution in [0, 0.1) is 13.8 Å². The van der Waals surface area contributed by atoms with Crippen LogP contribution in [-0.4, -0.2) is 29.0 Å². The van der Waals surface area contributed by atoms with E-state index in [1.807, 2.05) is 38.1 Å². The summed E-state index contributed by atoms with van der Waals surface area (Å²) in [5.41, 5.74) is 3.09. The van der Waals surface area contributed by atoms with Crippen LogP contribution in [0.15, 0.2) is 30.5 Å². The van der Waals surface area contributed by atoms with Gasteiger partial charge in [-0.05, 0) is 44.7 Å². The van der Waals surface area contributed by atoms with Crippen molar-refractivity contribution in [3.05, 3.63) is 47.3 Å². The number of para-hydroxylation sites is 1. The lowest BCUT2D eigenvalue weighted by Gasteiger charge is -2.26. The molecule has 1 aliphatic heterocycles. The summed E-state index contributed by atoms with van der Waals surface area (Å²) in [5, 5.41) is 2.93.